The standard InChI is InChI=1S/C52H92O6/c1-43(2)32-24-16-13-20-28-38-52(39-29-21-14-17-25-33-44(3)4,40-30-22-15-18-26-34-45(5)6)37-27-19-11-9-7-8-10-12-23-31-41-58-51(57)47-36-35-46(49(53)54)42-48(47)50(55)56/h35-36,42-45H,7-34,37-41H2,1-6H3,(H,53,54)(H,55,56). The van der Waals surface area contributed by atoms with Gasteiger partial charge in [0.1, 0.15) is 0 Å². The molecule has 0 spiro atoms. The number of hydrogen-bond donors (Lipinski definition) is 2. The number of hydrogen-bond acceptors (Lipinski definition) is 4. The molecule has 1 aromatic carbocycles. The lowest BCUT2D eigenvalue weighted by atomic mass is 9.70. The summed E-state index contributed by atoms with van der Waals surface area (Å²) in [6.45, 7) is 14.4. The van der Waals surface area contributed by atoms with Crippen molar-refractivity contribution in [1.82, 2.24) is 0 Å². The second kappa shape index (κ2) is 34.4. The summed E-state index contributed by atoms with van der Waals surface area (Å²) in [4.78, 5) is 35.2. The van der Waals surface area contributed by atoms with Crippen LogP contribution in [0.2, 0.25) is 0 Å². The van der Waals surface area contributed by atoms with Crippen molar-refractivity contribution in [3.05, 3.63) is 34.9 Å². The van der Waals surface area contributed by atoms with Crippen LogP contribution in [0.15, 0.2) is 18.2 Å². The smallest absolute Gasteiger partial charge is 0.339 e. The quantitative estimate of drug-likeness (QED) is 0.0505. The zero-order chi connectivity index (χ0) is 42.9. The van der Waals surface area contributed by atoms with Crippen molar-refractivity contribution in [3.63, 3.8) is 0 Å². The Hall–Kier alpha value is -2.37. The first kappa shape index (κ1) is 53.6. The van der Waals surface area contributed by atoms with Crippen molar-refractivity contribution < 1.29 is 29.3 Å². The summed E-state index contributed by atoms with van der Waals surface area (Å²) in [6.07, 6.45) is 43.2. The van der Waals surface area contributed by atoms with Crippen LogP contribution in [0, 0.1) is 23.2 Å². The van der Waals surface area contributed by atoms with E-state index in [1.165, 1.54) is 198 Å². The summed E-state index contributed by atoms with van der Waals surface area (Å²) in [7, 11) is 0. The highest BCUT2D eigenvalue weighted by Crippen LogP contribution is 2.42. The fourth-order valence-electron chi connectivity index (χ4n) is 8.79. The first-order chi connectivity index (χ1) is 27.9. The Morgan fingerprint density at radius 1 is 0.448 bits per heavy atom. The molecule has 0 heterocycles. The third-order valence-electron chi connectivity index (χ3n) is 12.5. The summed E-state index contributed by atoms with van der Waals surface area (Å²) in [5, 5.41) is 18.6. The second-order valence-electron chi connectivity index (χ2n) is 19.4. The summed E-state index contributed by atoms with van der Waals surface area (Å²) in [6, 6.07) is 3.45. The molecule has 0 amide bonds. The second-order valence-corrected chi connectivity index (χ2v) is 19.4. The fourth-order valence-corrected chi connectivity index (χ4v) is 8.79. The van der Waals surface area contributed by atoms with E-state index in [1.807, 2.05) is 0 Å². The first-order valence-corrected chi connectivity index (χ1v) is 24.6. The lowest BCUT2D eigenvalue weighted by Crippen LogP contribution is -2.21. The van der Waals surface area contributed by atoms with Gasteiger partial charge < -0.3 is 14.9 Å². The number of carbonyl (C=O) groups excluding carboxylic acids is 1. The molecule has 0 aromatic heterocycles. The largest absolute Gasteiger partial charge is 0.478 e. The SMILES string of the molecule is CC(C)CCCCCCCC(CCCCCCCCCCCCOC(=O)c1ccc(C(=O)O)cc1C(=O)O)(CCCCCCCC(C)C)CCCCCCCC(C)C. The maximum atomic E-state index is 12.5. The van der Waals surface area contributed by atoms with Gasteiger partial charge in [-0.05, 0) is 73.5 Å². The van der Waals surface area contributed by atoms with Crippen LogP contribution in [0.25, 0.3) is 0 Å². The molecule has 0 bridgehead atoms. The van der Waals surface area contributed by atoms with E-state index in [0.717, 1.165) is 43.1 Å². The predicted octanol–water partition coefficient (Wildman–Crippen LogP) is 16.7. The maximum Gasteiger partial charge on any atom is 0.339 e. The molecule has 1 rings (SSSR count). The number of aromatic carboxylic acids is 2. The molecule has 0 aliphatic rings. The highest BCUT2D eigenvalue weighted by Gasteiger charge is 2.28. The topological polar surface area (TPSA) is 101 Å². The number of carboxylic acid groups (broad SMARTS) is 2. The Morgan fingerprint density at radius 2 is 0.776 bits per heavy atom. The number of benzene rings is 1. The van der Waals surface area contributed by atoms with Crippen molar-refractivity contribution in [2.24, 2.45) is 23.2 Å². The monoisotopic (exact) mass is 813 g/mol. The average Bonchev–Trinajstić information content (AvgIpc) is 3.17. The highest BCUT2D eigenvalue weighted by molar-refractivity contribution is 6.04. The van der Waals surface area contributed by atoms with Crippen molar-refractivity contribution in [2.45, 2.75) is 247 Å². The molecule has 0 radical (unpaired) electrons. The summed E-state index contributed by atoms with van der Waals surface area (Å²) in [5.41, 5.74) is -0.0745. The normalized spacial score (nSPS) is 11.9. The molecule has 6 nitrogen and oxygen atoms in total. The molecule has 0 fully saturated rings. The van der Waals surface area contributed by atoms with E-state index >= 15 is 0 Å². The fraction of sp³-hybridized carbons (Fsp3) is 0.827. The minimum absolute atomic E-state index is 0.114. The van der Waals surface area contributed by atoms with Gasteiger partial charge in [0.15, 0.2) is 0 Å². The maximum absolute atomic E-state index is 12.5. The number of rotatable bonds is 40. The number of unbranched alkanes of at least 4 members (excludes halogenated alkanes) is 21. The third-order valence-corrected chi connectivity index (χ3v) is 12.5. The molecule has 58 heavy (non-hydrogen) atoms. The molecule has 1 aromatic rings. The minimum atomic E-state index is -1.35. The van der Waals surface area contributed by atoms with Crippen LogP contribution in [0.1, 0.15) is 278 Å². The van der Waals surface area contributed by atoms with Gasteiger partial charge in [-0.25, -0.2) is 14.4 Å². The van der Waals surface area contributed by atoms with Crippen LogP contribution in [-0.4, -0.2) is 34.7 Å². The van der Waals surface area contributed by atoms with Gasteiger partial charge in [-0.15, -0.1) is 0 Å². The van der Waals surface area contributed by atoms with Gasteiger partial charge in [0.25, 0.3) is 0 Å². The van der Waals surface area contributed by atoms with Crippen LogP contribution < -0.4 is 0 Å². The number of ether oxygens (including phenoxy) is 1. The van der Waals surface area contributed by atoms with Crippen molar-refractivity contribution in [3.8, 4) is 0 Å². The van der Waals surface area contributed by atoms with E-state index < -0.39 is 17.9 Å². The average molecular weight is 813 g/mol. The van der Waals surface area contributed by atoms with Crippen LogP contribution in [0.3, 0.4) is 0 Å². The lowest BCUT2D eigenvalue weighted by molar-refractivity contribution is 0.0486. The Morgan fingerprint density at radius 3 is 1.10 bits per heavy atom. The summed E-state index contributed by atoms with van der Waals surface area (Å²) in [5.74, 6) is -0.811. The summed E-state index contributed by atoms with van der Waals surface area (Å²) < 4.78 is 5.32. The van der Waals surface area contributed by atoms with Crippen LogP contribution in [-0.2, 0) is 4.74 Å². The third kappa shape index (κ3) is 28.2. The highest BCUT2D eigenvalue weighted by atomic mass is 16.5. The van der Waals surface area contributed by atoms with E-state index in [9.17, 15) is 19.5 Å². The first-order valence-electron chi connectivity index (χ1n) is 24.6. The van der Waals surface area contributed by atoms with Crippen LogP contribution in [0.5, 0.6) is 0 Å². The number of carbonyl (C=O) groups is 3. The van der Waals surface area contributed by atoms with Crippen LogP contribution >= 0.6 is 0 Å². The van der Waals surface area contributed by atoms with E-state index in [2.05, 4.69) is 41.5 Å². The molecule has 2 N–H and O–H groups in total. The van der Waals surface area contributed by atoms with Crippen LogP contribution in [0.4, 0.5) is 0 Å². The van der Waals surface area contributed by atoms with Gasteiger partial charge in [-0.2, -0.15) is 0 Å². The Kier molecular flexibility index (Phi) is 31.8. The molecule has 0 unspecified atom stereocenters. The zero-order valence-corrected chi connectivity index (χ0v) is 38.8. The molecule has 0 aliphatic carbocycles. The Bertz CT molecular complexity index is 1130. The molecule has 6 heteroatoms. The van der Waals surface area contributed by atoms with E-state index in [0.29, 0.717) is 5.41 Å². The minimum Gasteiger partial charge on any atom is -0.478 e. The summed E-state index contributed by atoms with van der Waals surface area (Å²) >= 11 is 0. The van der Waals surface area contributed by atoms with Crippen molar-refractivity contribution in [1.29, 1.82) is 0 Å². The molecule has 0 saturated heterocycles. The number of esters is 1. The van der Waals surface area contributed by atoms with Gasteiger partial charge in [-0.3, -0.25) is 0 Å². The Balaban J connectivity index is 2.51. The van der Waals surface area contributed by atoms with E-state index in [1.54, 1.807) is 0 Å². The molecule has 0 saturated carbocycles. The van der Waals surface area contributed by atoms with Crippen molar-refractivity contribution >= 4 is 17.9 Å². The van der Waals surface area contributed by atoms with Gasteiger partial charge in [0, 0.05) is 0 Å². The molecule has 336 valence electrons. The van der Waals surface area contributed by atoms with E-state index in [4.69, 9.17) is 9.84 Å². The Labute approximate surface area is 357 Å². The lowest BCUT2D eigenvalue weighted by Gasteiger charge is -2.35. The zero-order valence-electron chi connectivity index (χ0n) is 38.8. The van der Waals surface area contributed by atoms with Gasteiger partial charge >= 0.3 is 17.9 Å². The van der Waals surface area contributed by atoms with E-state index in [-0.39, 0.29) is 23.3 Å². The predicted molar refractivity (Wildman–Crippen MR) is 245 cm³/mol. The van der Waals surface area contributed by atoms with Crippen molar-refractivity contribution in [2.75, 3.05) is 6.61 Å². The molecular formula is C52H92O6. The molecule has 0 atom stereocenters. The molecule has 0 aliphatic heterocycles. The van der Waals surface area contributed by atoms with Gasteiger partial charge in [0.05, 0.1) is 23.3 Å². The van der Waals surface area contributed by atoms with Gasteiger partial charge in [-0.1, -0.05) is 215 Å². The molecular weight excluding hydrogens is 721 g/mol. The number of carboxylic acids is 2. The van der Waals surface area contributed by atoms with Gasteiger partial charge in [0.2, 0.25) is 0 Å².